The van der Waals surface area contributed by atoms with Crippen molar-refractivity contribution in [3.63, 3.8) is 0 Å². The van der Waals surface area contributed by atoms with Crippen molar-refractivity contribution in [1.82, 2.24) is 0 Å². The molecule has 0 atom stereocenters. The number of hydrogen-bond acceptors (Lipinski definition) is 3. The maximum atomic E-state index is 10.5. The molecular formula is C7H9NO2S. The van der Waals surface area contributed by atoms with Gasteiger partial charge in [-0.25, -0.2) is 8.42 Å². The molecule has 0 spiro atoms. The molecule has 0 aliphatic carbocycles. The van der Waals surface area contributed by atoms with Crippen LogP contribution in [0.5, 0.6) is 0 Å². The molecule has 0 bridgehead atoms. The van der Waals surface area contributed by atoms with E-state index in [-0.39, 0.29) is 0 Å². The fraction of sp³-hybridized carbons (Fsp3) is 0.143. The quantitative estimate of drug-likeness (QED) is 0.644. The van der Waals surface area contributed by atoms with E-state index in [1.165, 1.54) is 0 Å². The molecule has 1 N–H and O–H groups in total. The molecule has 1 aromatic carbocycles. The number of nitrogens with one attached hydrogen (secondary N) is 1. The number of benzene rings is 1. The molecule has 0 radical (unpaired) electrons. The van der Waals surface area contributed by atoms with Crippen molar-refractivity contribution < 1.29 is 8.42 Å². The van der Waals surface area contributed by atoms with E-state index in [1.54, 1.807) is 25.2 Å². The molecule has 0 fully saturated rings. The van der Waals surface area contributed by atoms with Crippen LogP contribution in [0.15, 0.2) is 29.2 Å². The van der Waals surface area contributed by atoms with Crippen LogP contribution in [-0.2, 0) is 10.7 Å². The average Bonchev–Trinajstić information content (AvgIpc) is 2.05. The predicted molar refractivity (Wildman–Crippen MR) is 44.6 cm³/mol. The highest BCUT2D eigenvalue weighted by molar-refractivity contribution is 7.72. The fourth-order valence-electron chi connectivity index (χ4n) is 0.775. The lowest BCUT2D eigenvalue weighted by Gasteiger charge is -1.98. The van der Waals surface area contributed by atoms with Crippen LogP contribution in [0, 0.1) is 0 Å². The second-order valence-corrected chi connectivity index (χ2v) is 3.09. The van der Waals surface area contributed by atoms with Crippen molar-refractivity contribution in [2.45, 2.75) is 4.90 Å². The zero-order chi connectivity index (χ0) is 8.27. The van der Waals surface area contributed by atoms with E-state index in [0.29, 0.717) is 4.90 Å². The first-order chi connectivity index (χ1) is 5.24. The van der Waals surface area contributed by atoms with Gasteiger partial charge in [0.05, 0.1) is 4.90 Å². The van der Waals surface area contributed by atoms with Crippen LogP contribution in [0.4, 0.5) is 5.69 Å². The molecular weight excluding hydrogens is 162 g/mol. The van der Waals surface area contributed by atoms with E-state index in [2.05, 4.69) is 5.32 Å². The van der Waals surface area contributed by atoms with E-state index in [0.717, 1.165) is 5.69 Å². The van der Waals surface area contributed by atoms with Crippen LogP contribution in [0.25, 0.3) is 0 Å². The van der Waals surface area contributed by atoms with Gasteiger partial charge >= 0.3 is 0 Å². The summed E-state index contributed by atoms with van der Waals surface area (Å²) in [6.45, 7) is 0. The smallest absolute Gasteiger partial charge is 0.168 e. The molecule has 0 saturated heterocycles. The Hall–Kier alpha value is -1.03. The molecule has 3 nitrogen and oxygen atoms in total. The number of rotatable bonds is 2. The highest BCUT2D eigenvalue weighted by Gasteiger charge is 1.93. The van der Waals surface area contributed by atoms with Gasteiger partial charge in [-0.2, -0.15) is 0 Å². The minimum atomic E-state index is -2.46. The van der Waals surface area contributed by atoms with Crippen molar-refractivity contribution in [3.8, 4) is 0 Å². The van der Waals surface area contributed by atoms with Crippen LogP contribution < -0.4 is 5.32 Å². The summed E-state index contributed by atoms with van der Waals surface area (Å²) in [5.41, 5.74) is 0.807. The van der Waals surface area contributed by atoms with Crippen LogP contribution in [0.2, 0.25) is 0 Å². The normalized spacial score (nSPS) is 10.0. The fourth-order valence-corrected chi connectivity index (χ4v) is 1.23. The summed E-state index contributed by atoms with van der Waals surface area (Å²) in [5, 5.41) is 2.85. The standard InChI is InChI=1S/C7H9NO2S/c1-8-6-3-2-4-7(5-6)11(9)10/h2-5,8,11H,1H3. The maximum absolute atomic E-state index is 10.5. The van der Waals surface area contributed by atoms with Crippen LogP contribution in [0.3, 0.4) is 0 Å². The second-order valence-electron chi connectivity index (χ2n) is 2.06. The number of hydrogen-bond donors (Lipinski definition) is 2. The molecule has 1 aromatic rings. The van der Waals surface area contributed by atoms with Crippen LogP contribution in [0.1, 0.15) is 0 Å². The molecule has 11 heavy (non-hydrogen) atoms. The van der Waals surface area contributed by atoms with Gasteiger partial charge in [-0.3, -0.25) is 0 Å². The van der Waals surface area contributed by atoms with Gasteiger partial charge in [-0.15, -0.1) is 0 Å². The van der Waals surface area contributed by atoms with Gasteiger partial charge in [0.1, 0.15) is 0 Å². The SMILES string of the molecule is CNc1cccc([SH](=O)=O)c1. The summed E-state index contributed by atoms with van der Waals surface area (Å²) < 4.78 is 21.0. The zero-order valence-corrected chi connectivity index (χ0v) is 6.97. The van der Waals surface area contributed by atoms with Gasteiger partial charge in [0.2, 0.25) is 0 Å². The topological polar surface area (TPSA) is 46.2 Å². The average molecular weight is 171 g/mol. The van der Waals surface area contributed by atoms with Crippen molar-refractivity contribution in [1.29, 1.82) is 0 Å². The third-order valence-electron chi connectivity index (χ3n) is 1.35. The maximum Gasteiger partial charge on any atom is 0.168 e. The predicted octanol–water partition coefficient (Wildman–Crippen LogP) is 0.699. The van der Waals surface area contributed by atoms with Gasteiger partial charge in [0.15, 0.2) is 10.7 Å². The molecule has 0 saturated carbocycles. The molecule has 0 aromatic heterocycles. The van der Waals surface area contributed by atoms with Crippen molar-refractivity contribution >= 4 is 16.4 Å². The Balaban J connectivity index is 3.10. The van der Waals surface area contributed by atoms with Crippen LogP contribution in [-0.4, -0.2) is 15.5 Å². The number of anilines is 1. The molecule has 0 aliphatic rings. The van der Waals surface area contributed by atoms with Crippen molar-refractivity contribution in [2.24, 2.45) is 0 Å². The lowest BCUT2D eigenvalue weighted by atomic mass is 10.3. The summed E-state index contributed by atoms with van der Waals surface area (Å²) in [4.78, 5) is 0.340. The first-order valence-electron chi connectivity index (χ1n) is 3.16. The molecule has 0 amide bonds. The van der Waals surface area contributed by atoms with Gasteiger partial charge in [0.25, 0.3) is 0 Å². The van der Waals surface area contributed by atoms with Gasteiger partial charge in [-0.1, -0.05) is 6.07 Å². The lowest BCUT2D eigenvalue weighted by Crippen LogP contribution is -1.88. The van der Waals surface area contributed by atoms with Gasteiger partial charge in [-0.05, 0) is 18.2 Å². The Morgan fingerprint density at radius 2 is 2.09 bits per heavy atom. The summed E-state index contributed by atoms with van der Waals surface area (Å²) in [7, 11) is -0.710. The second kappa shape index (κ2) is 3.39. The molecule has 4 heteroatoms. The summed E-state index contributed by atoms with van der Waals surface area (Å²) in [6, 6.07) is 6.66. The van der Waals surface area contributed by atoms with Crippen molar-refractivity contribution in [2.75, 3.05) is 12.4 Å². The Morgan fingerprint density at radius 1 is 1.36 bits per heavy atom. The number of thiol groups is 1. The zero-order valence-electron chi connectivity index (χ0n) is 6.07. The van der Waals surface area contributed by atoms with E-state index in [1.807, 2.05) is 6.07 Å². The minimum absolute atomic E-state index is 0.340. The largest absolute Gasteiger partial charge is 0.388 e. The Morgan fingerprint density at radius 3 is 2.64 bits per heavy atom. The molecule has 0 aliphatic heterocycles. The first-order valence-corrected chi connectivity index (χ1v) is 4.34. The van der Waals surface area contributed by atoms with Gasteiger partial charge < -0.3 is 5.32 Å². The summed E-state index contributed by atoms with van der Waals surface area (Å²) in [6.07, 6.45) is 0. The third kappa shape index (κ3) is 1.94. The molecule has 0 unspecified atom stereocenters. The Kier molecular flexibility index (Phi) is 2.48. The molecule has 60 valence electrons. The third-order valence-corrected chi connectivity index (χ3v) is 2.05. The van der Waals surface area contributed by atoms with E-state index in [4.69, 9.17) is 0 Å². The van der Waals surface area contributed by atoms with Crippen molar-refractivity contribution in [3.05, 3.63) is 24.3 Å². The molecule has 0 heterocycles. The van der Waals surface area contributed by atoms with E-state index < -0.39 is 10.7 Å². The Labute approximate surface area is 67.0 Å². The first kappa shape index (κ1) is 8.07. The monoisotopic (exact) mass is 171 g/mol. The van der Waals surface area contributed by atoms with E-state index in [9.17, 15) is 8.42 Å². The van der Waals surface area contributed by atoms with Gasteiger partial charge in [0, 0.05) is 12.7 Å². The lowest BCUT2D eigenvalue weighted by molar-refractivity contribution is 0.614. The molecule has 1 rings (SSSR count). The van der Waals surface area contributed by atoms with E-state index >= 15 is 0 Å². The van der Waals surface area contributed by atoms with Crippen LogP contribution >= 0.6 is 0 Å². The Bertz CT molecular complexity index is 312. The summed E-state index contributed by atoms with van der Waals surface area (Å²) in [5.74, 6) is 0. The highest BCUT2D eigenvalue weighted by Crippen LogP contribution is 2.09. The highest BCUT2D eigenvalue weighted by atomic mass is 32.2. The summed E-state index contributed by atoms with van der Waals surface area (Å²) >= 11 is 0. The minimum Gasteiger partial charge on any atom is -0.388 e.